The molecule has 1 saturated heterocycles. The van der Waals surface area contributed by atoms with Gasteiger partial charge in [0.05, 0.1) is 0 Å². The first kappa shape index (κ1) is 12.9. The van der Waals surface area contributed by atoms with Crippen LogP contribution in [0.5, 0.6) is 0 Å². The van der Waals surface area contributed by atoms with E-state index in [1.54, 1.807) is 11.2 Å². The van der Waals surface area contributed by atoms with Crippen LogP contribution in [0, 0.1) is 0 Å². The number of nitrogens with zero attached hydrogens (tertiary/aromatic N) is 1. The van der Waals surface area contributed by atoms with Gasteiger partial charge in [-0.15, -0.1) is 0 Å². The first-order valence-electron chi connectivity index (χ1n) is 5.46. The molecule has 2 atom stereocenters. The van der Waals surface area contributed by atoms with Crippen LogP contribution in [0.15, 0.2) is 0 Å². The second kappa shape index (κ2) is 5.25. The molecule has 2 unspecified atom stereocenters. The summed E-state index contributed by atoms with van der Waals surface area (Å²) in [7, 11) is -3.34. The van der Waals surface area contributed by atoms with Gasteiger partial charge in [0.15, 0.2) is 0 Å². The third kappa shape index (κ3) is 3.41. The van der Waals surface area contributed by atoms with Gasteiger partial charge in [0.2, 0.25) is 0 Å². The number of nitrogens with two attached hydrogens (primary N) is 1. The van der Waals surface area contributed by atoms with Crippen LogP contribution in [-0.4, -0.2) is 37.9 Å². The maximum absolute atomic E-state index is 11.9. The summed E-state index contributed by atoms with van der Waals surface area (Å²) < 4.78 is 28.0. The van der Waals surface area contributed by atoms with Gasteiger partial charge in [-0.3, -0.25) is 0 Å². The molecule has 15 heavy (non-hydrogen) atoms. The summed E-state index contributed by atoms with van der Waals surface area (Å²) in [6.07, 6.45) is 3.00. The fourth-order valence-corrected chi connectivity index (χ4v) is 3.49. The van der Waals surface area contributed by atoms with Crippen molar-refractivity contribution in [1.82, 2.24) is 9.03 Å². The van der Waals surface area contributed by atoms with E-state index in [9.17, 15) is 8.42 Å². The number of piperidine rings is 1. The second-order valence-electron chi connectivity index (χ2n) is 4.22. The van der Waals surface area contributed by atoms with Gasteiger partial charge in [0.25, 0.3) is 10.2 Å². The van der Waals surface area contributed by atoms with Gasteiger partial charge in [-0.05, 0) is 26.7 Å². The fraction of sp³-hybridized carbons (Fsp3) is 1.00. The highest BCUT2D eigenvalue weighted by molar-refractivity contribution is 7.87. The molecule has 6 heteroatoms. The van der Waals surface area contributed by atoms with Crippen LogP contribution < -0.4 is 10.5 Å². The molecule has 0 bridgehead atoms. The molecular formula is C9H21N3O2S. The van der Waals surface area contributed by atoms with Gasteiger partial charge in [0.1, 0.15) is 0 Å². The monoisotopic (exact) mass is 235 g/mol. The van der Waals surface area contributed by atoms with Gasteiger partial charge in [0, 0.05) is 25.2 Å². The second-order valence-corrected chi connectivity index (χ2v) is 5.87. The van der Waals surface area contributed by atoms with Crippen molar-refractivity contribution in [3.63, 3.8) is 0 Å². The molecule has 0 saturated carbocycles. The van der Waals surface area contributed by atoms with Gasteiger partial charge in [-0.25, -0.2) is 0 Å². The molecule has 5 nitrogen and oxygen atoms in total. The highest BCUT2D eigenvalue weighted by atomic mass is 32.2. The summed E-state index contributed by atoms with van der Waals surface area (Å²) in [6, 6.07) is -0.106. The van der Waals surface area contributed by atoms with E-state index in [1.807, 2.05) is 6.92 Å². The Morgan fingerprint density at radius 2 is 2.20 bits per heavy atom. The van der Waals surface area contributed by atoms with E-state index >= 15 is 0 Å². The topological polar surface area (TPSA) is 75.4 Å². The first-order valence-corrected chi connectivity index (χ1v) is 6.90. The Bertz CT molecular complexity index is 292. The average Bonchev–Trinajstić information content (AvgIpc) is 2.17. The molecule has 1 fully saturated rings. The minimum atomic E-state index is -3.34. The van der Waals surface area contributed by atoms with Crippen molar-refractivity contribution in [2.45, 2.75) is 45.2 Å². The van der Waals surface area contributed by atoms with Crippen LogP contribution in [0.4, 0.5) is 0 Å². The molecule has 3 N–H and O–H groups in total. The molecule has 0 aliphatic carbocycles. The summed E-state index contributed by atoms with van der Waals surface area (Å²) in [6.45, 7) is 4.66. The highest BCUT2D eigenvalue weighted by Gasteiger charge is 2.29. The lowest BCUT2D eigenvalue weighted by atomic mass is 10.1. The van der Waals surface area contributed by atoms with E-state index < -0.39 is 10.2 Å². The maximum Gasteiger partial charge on any atom is 0.279 e. The van der Waals surface area contributed by atoms with E-state index in [1.165, 1.54) is 0 Å². The van der Waals surface area contributed by atoms with E-state index in [4.69, 9.17) is 5.73 Å². The lowest BCUT2D eigenvalue weighted by Gasteiger charge is -2.33. The van der Waals surface area contributed by atoms with E-state index in [0.717, 1.165) is 19.3 Å². The SMILES string of the molecule is CC(CN)NS(=O)(=O)N1CCCCC1C. The summed E-state index contributed by atoms with van der Waals surface area (Å²) in [4.78, 5) is 0. The number of rotatable bonds is 4. The summed E-state index contributed by atoms with van der Waals surface area (Å²) in [5.41, 5.74) is 5.40. The van der Waals surface area contributed by atoms with Crippen LogP contribution in [0.25, 0.3) is 0 Å². The standard InChI is InChI=1S/C9H21N3O2S/c1-8(7-10)11-15(13,14)12-6-4-3-5-9(12)2/h8-9,11H,3-7,10H2,1-2H3. The predicted molar refractivity (Wildman–Crippen MR) is 60.6 cm³/mol. The van der Waals surface area contributed by atoms with E-state index in [2.05, 4.69) is 4.72 Å². The van der Waals surface area contributed by atoms with Gasteiger partial charge < -0.3 is 5.73 Å². The van der Waals surface area contributed by atoms with Crippen molar-refractivity contribution >= 4 is 10.2 Å². The van der Waals surface area contributed by atoms with Crippen molar-refractivity contribution in [2.75, 3.05) is 13.1 Å². The molecule has 1 aliphatic rings. The van der Waals surface area contributed by atoms with Crippen molar-refractivity contribution in [3.05, 3.63) is 0 Å². The first-order chi connectivity index (χ1) is 6.97. The van der Waals surface area contributed by atoms with Crippen molar-refractivity contribution < 1.29 is 8.42 Å². The Kier molecular flexibility index (Phi) is 4.51. The molecule has 1 heterocycles. The molecule has 0 aromatic carbocycles. The Labute approximate surface area is 92.2 Å². The third-order valence-corrected chi connectivity index (χ3v) is 4.61. The van der Waals surface area contributed by atoms with Crippen LogP contribution in [-0.2, 0) is 10.2 Å². The smallest absolute Gasteiger partial charge is 0.279 e. The normalized spacial score (nSPS) is 26.5. The van der Waals surface area contributed by atoms with Crippen LogP contribution >= 0.6 is 0 Å². The lowest BCUT2D eigenvalue weighted by molar-refractivity contribution is 0.264. The minimum absolute atomic E-state index is 0.0984. The average molecular weight is 235 g/mol. The van der Waals surface area contributed by atoms with Crippen molar-refractivity contribution in [3.8, 4) is 0 Å². The van der Waals surface area contributed by atoms with Crippen LogP contribution in [0.1, 0.15) is 33.1 Å². The van der Waals surface area contributed by atoms with Crippen LogP contribution in [0.3, 0.4) is 0 Å². The Hall–Kier alpha value is -0.170. The quantitative estimate of drug-likeness (QED) is 0.722. The van der Waals surface area contributed by atoms with Crippen LogP contribution in [0.2, 0.25) is 0 Å². The molecule has 0 amide bonds. The molecule has 0 spiro atoms. The molecule has 0 aromatic rings. The van der Waals surface area contributed by atoms with Crippen molar-refractivity contribution in [2.24, 2.45) is 5.73 Å². The van der Waals surface area contributed by atoms with E-state index in [-0.39, 0.29) is 12.1 Å². The highest BCUT2D eigenvalue weighted by Crippen LogP contribution is 2.19. The summed E-state index contributed by atoms with van der Waals surface area (Å²) in [5.74, 6) is 0. The molecule has 1 rings (SSSR count). The third-order valence-electron chi connectivity index (χ3n) is 2.75. The predicted octanol–water partition coefficient (Wildman–Crippen LogP) is 0.0424. The molecule has 0 radical (unpaired) electrons. The van der Waals surface area contributed by atoms with Gasteiger partial charge >= 0.3 is 0 Å². The molecule has 0 aromatic heterocycles. The Morgan fingerprint density at radius 3 is 2.73 bits per heavy atom. The zero-order valence-electron chi connectivity index (χ0n) is 9.44. The number of hydrogen-bond donors (Lipinski definition) is 2. The zero-order valence-corrected chi connectivity index (χ0v) is 10.3. The summed E-state index contributed by atoms with van der Waals surface area (Å²) >= 11 is 0. The van der Waals surface area contributed by atoms with Gasteiger partial charge in [-0.2, -0.15) is 17.4 Å². The molecule has 90 valence electrons. The van der Waals surface area contributed by atoms with Crippen molar-refractivity contribution in [1.29, 1.82) is 0 Å². The molecule has 1 aliphatic heterocycles. The largest absolute Gasteiger partial charge is 0.329 e. The fourth-order valence-electron chi connectivity index (χ4n) is 1.80. The lowest BCUT2D eigenvalue weighted by Crippen LogP contribution is -2.51. The summed E-state index contributed by atoms with van der Waals surface area (Å²) in [5, 5.41) is 0. The van der Waals surface area contributed by atoms with Gasteiger partial charge in [-0.1, -0.05) is 6.42 Å². The minimum Gasteiger partial charge on any atom is -0.329 e. The zero-order chi connectivity index (χ0) is 11.5. The Morgan fingerprint density at radius 1 is 1.53 bits per heavy atom. The Balaban J connectivity index is 2.67. The van der Waals surface area contributed by atoms with E-state index in [0.29, 0.717) is 13.1 Å². The number of hydrogen-bond acceptors (Lipinski definition) is 3. The molecular weight excluding hydrogens is 214 g/mol. The maximum atomic E-state index is 11.9. The number of nitrogens with one attached hydrogen (secondary N) is 1.